The standard InChI is InChI=1S/C19H20N4O3/c1-13(2)23-18-15(10-21-23)8-16(9-20-18)19(26)22(12-17(24)25)11-14-6-4-3-5-7-14/h3-10,13H,11-12H2,1-2H3,(H,24,25). The van der Waals surface area contributed by atoms with Crippen LogP contribution in [0.5, 0.6) is 0 Å². The summed E-state index contributed by atoms with van der Waals surface area (Å²) in [5.74, 6) is -1.43. The molecule has 1 amide bonds. The molecule has 1 aromatic carbocycles. The summed E-state index contributed by atoms with van der Waals surface area (Å²) in [6, 6.07) is 11.2. The number of hydrogen-bond acceptors (Lipinski definition) is 4. The Morgan fingerprint density at radius 1 is 1.19 bits per heavy atom. The van der Waals surface area contributed by atoms with E-state index in [-0.39, 0.29) is 25.0 Å². The Labute approximate surface area is 150 Å². The van der Waals surface area contributed by atoms with Crippen molar-refractivity contribution in [1.82, 2.24) is 19.7 Å². The van der Waals surface area contributed by atoms with E-state index >= 15 is 0 Å². The summed E-state index contributed by atoms with van der Waals surface area (Å²) in [7, 11) is 0. The smallest absolute Gasteiger partial charge is 0.323 e. The molecule has 0 atom stereocenters. The van der Waals surface area contributed by atoms with E-state index < -0.39 is 5.97 Å². The molecule has 0 aliphatic heterocycles. The SMILES string of the molecule is CC(C)n1ncc2cc(C(=O)N(CC(=O)O)Cc3ccccc3)cnc21. The third-order valence-corrected chi connectivity index (χ3v) is 4.00. The van der Waals surface area contributed by atoms with Gasteiger partial charge in [-0.15, -0.1) is 0 Å². The first-order chi connectivity index (χ1) is 12.5. The van der Waals surface area contributed by atoms with Crippen molar-refractivity contribution in [1.29, 1.82) is 0 Å². The normalized spacial score (nSPS) is 11.0. The third kappa shape index (κ3) is 3.72. The molecule has 3 rings (SSSR count). The number of rotatable bonds is 6. The van der Waals surface area contributed by atoms with Gasteiger partial charge in [0.1, 0.15) is 6.54 Å². The van der Waals surface area contributed by atoms with Gasteiger partial charge in [0.05, 0.1) is 11.8 Å². The summed E-state index contributed by atoms with van der Waals surface area (Å²) >= 11 is 0. The monoisotopic (exact) mass is 352 g/mol. The average molecular weight is 352 g/mol. The quantitative estimate of drug-likeness (QED) is 0.737. The summed E-state index contributed by atoms with van der Waals surface area (Å²) in [5.41, 5.74) is 1.91. The molecule has 3 aromatic rings. The van der Waals surface area contributed by atoms with Gasteiger partial charge in [-0.1, -0.05) is 30.3 Å². The number of aromatic nitrogens is 3. The van der Waals surface area contributed by atoms with Gasteiger partial charge in [0.15, 0.2) is 5.65 Å². The topological polar surface area (TPSA) is 88.3 Å². The number of carboxylic acids is 1. The molecule has 0 fully saturated rings. The van der Waals surface area contributed by atoms with Crippen molar-refractivity contribution in [2.75, 3.05) is 6.54 Å². The van der Waals surface area contributed by atoms with Gasteiger partial charge in [-0.05, 0) is 25.5 Å². The van der Waals surface area contributed by atoms with Crippen molar-refractivity contribution < 1.29 is 14.7 Å². The van der Waals surface area contributed by atoms with Crippen molar-refractivity contribution >= 4 is 22.9 Å². The zero-order valence-corrected chi connectivity index (χ0v) is 14.7. The first-order valence-corrected chi connectivity index (χ1v) is 8.34. The van der Waals surface area contributed by atoms with Crippen LogP contribution in [-0.2, 0) is 11.3 Å². The molecule has 0 radical (unpaired) electrons. The molecule has 2 heterocycles. The van der Waals surface area contributed by atoms with E-state index in [0.717, 1.165) is 10.9 Å². The largest absolute Gasteiger partial charge is 0.480 e. The van der Waals surface area contributed by atoms with Crippen LogP contribution >= 0.6 is 0 Å². The zero-order chi connectivity index (χ0) is 18.7. The molecule has 0 bridgehead atoms. The Kier molecular flexibility index (Phi) is 4.97. The van der Waals surface area contributed by atoms with Crippen LogP contribution in [0.15, 0.2) is 48.8 Å². The second-order valence-corrected chi connectivity index (χ2v) is 6.36. The first kappa shape index (κ1) is 17.6. The zero-order valence-electron chi connectivity index (χ0n) is 14.7. The Morgan fingerprint density at radius 2 is 1.92 bits per heavy atom. The molecule has 134 valence electrons. The molecule has 0 aliphatic rings. The van der Waals surface area contributed by atoms with E-state index in [0.29, 0.717) is 11.2 Å². The molecular formula is C19H20N4O3. The number of carboxylic acid groups (broad SMARTS) is 1. The minimum atomic E-state index is -1.06. The number of benzene rings is 1. The lowest BCUT2D eigenvalue weighted by atomic mass is 10.1. The average Bonchev–Trinajstić information content (AvgIpc) is 3.04. The van der Waals surface area contributed by atoms with Crippen LogP contribution in [0.2, 0.25) is 0 Å². The number of carbonyl (C=O) groups is 2. The Bertz CT molecular complexity index is 934. The third-order valence-electron chi connectivity index (χ3n) is 4.00. The second kappa shape index (κ2) is 7.35. The molecule has 0 saturated heterocycles. The number of fused-ring (bicyclic) bond motifs is 1. The molecule has 0 saturated carbocycles. The fourth-order valence-electron chi connectivity index (χ4n) is 2.78. The summed E-state index contributed by atoms with van der Waals surface area (Å²) in [5, 5.41) is 14.2. The second-order valence-electron chi connectivity index (χ2n) is 6.36. The first-order valence-electron chi connectivity index (χ1n) is 8.34. The molecular weight excluding hydrogens is 332 g/mol. The van der Waals surface area contributed by atoms with E-state index in [1.807, 2.05) is 44.2 Å². The highest BCUT2D eigenvalue weighted by Gasteiger charge is 2.20. The predicted molar refractivity (Wildman–Crippen MR) is 96.7 cm³/mol. The highest BCUT2D eigenvalue weighted by atomic mass is 16.4. The lowest BCUT2D eigenvalue weighted by molar-refractivity contribution is -0.137. The summed E-state index contributed by atoms with van der Waals surface area (Å²) in [6.45, 7) is 3.84. The summed E-state index contributed by atoms with van der Waals surface area (Å²) in [6.07, 6.45) is 3.14. The fourth-order valence-corrected chi connectivity index (χ4v) is 2.78. The number of hydrogen-bond donors (Lipinski definition) is 1. The molecule has 1 N–H and O–H groups in total. The van der Waals surface area contributed by atoms with Crippen LogP contribution in [0.1, 0.15) is 35.8 Å². The van der Waals surface area contributed by atoms with Gasteiger partial charge in [-0.25, -0.2) is 9.67 Å². The van der Waals surface area contributed by atoms with Gasteiger partial charge in [0.25, 0.3) is 5.91 Å². The van der Waals surface area contributed by atoms with Crippen LogP contribution in [0.4, 0.5) is 0 Å². The minimum absolute atomic E-state index is 0.156. The van der Waals surface area contributed by atoms with Crippen LogP contribution < -0.4 is 0 Å². The van der Waals surface area contributed by atoms with Crippen molar-refractivity contribution in [3.63, 3.8) is 0 Å². The maximum atomic E-state index is 12.9. The van der Waals surface area contributed by atoms with Gasteiger partial charge in [0.2, 0.25) is 0 Å². The van der Waals surface area contributed by atoms with E-state index in [1.165, 1.54) is 11.1 Å². The number of carbonyl (C=O) groups excluding carboxylic acids is 1. The lowest BCUT2D eigenvalue weighted by Gasteiger charge is -2.21. The van der Waals surface area contributed by atoms with Crippen LogP contribution in [0.25, 0.3) is 11.0 Å². The van der Waals surface area contributed by atoms with Gasteiger partial charge >= 0.3 is 5.97 Å². The predicted octanol–water partition coefficient (Wildman–Crippen LogP) is 2.74. The molecule has 0 unspecified atom stereocenters. The molecule has 2 aromatic heterocycles. The molecule has 0 aliphatic carbocycles. The van der Waals surface area contributed by atoms with Crippen molar-refractivity contribution in [3.05, 3.63) is 59.9 Å². The lowest BCUT2D eigenvalue weighted by Crippen LogP contribution is -2.35. The number of pyridine rings is 1. The van der Waals surface area contributed by atoms with Crippen LogP contribution in [0, 0.1) is 0 Å². The molecule has 26 heavy (non-hydrogen) atoms. The van der Waals surface area contributed by atoms with Gasteiger partial charge in [-0.3, -0.25) is 9.59 Å². The highest BCUT2D eigenvalue weighted by Crippen LogP contribution is 2.18. The number of nitrogens with zero attached hydrogens (tertiary/aromatic N) is 4. The number of amides is 1. The van der Waals surface area contributed by atoms with Crippen LogP contribution in [0.3, 0.4) is 0 Å². The van der Waals surface area contributed by atoms with E-state index in [2.05, 4.69) is 10.1 Å². The van der Waals surface area contributed by atoms with E-state index in [9.17, 15) is 14.7 Å². The van der Waals surface area contributed by atoms with Crippen molar-refractivity contribution in [2.45, 2.75) is 26.4 Å². The van der Waals surface area contributed by atoms with E-state index in [4.69, 9.17) is 0 Å². The molecule has 7 heteroatoms. The Hall–Kier alpha value is -3.22. The van der Waals surface area contributed by atoms with Crippen LogP contribution in [-0.4, -0.2) is 43.2 Å². The fraction of sp³-hybridized carbons (Fsp3) is 0.263. The maximum absolute atomic E-state index is 12.9. The minimum Gasteiger partial charge on any atom is -0.480 e. The van der Waals surface area contributed by atoms with Gasteiger partial charge in [-0.2, -0.15) is 5.10 Å². The van der Waals surface area contributed by atoms with Crippen molar-refractivity contribution in [3.8, 4) is 0 Å². The highest BCUT2D eigenvalue weighted by molar-refractivity contribution is 5.98. The van der Waals surface area contributed by atoms with Gasteiger partial charge in [0, 0.05) is 24.2 Å². The number of aliphatic carboxylic acids is 1. The molecule has 0 spiro atoms. The summed E-state index contributed by atoms with van der Waals surface area (Å²) in [4.78, 5) is 29.7. The Morgan fingerprint density at radius 3 is 2.58 bits per heavy atom. The maximum Gasteiger partial charge on any atom is 0.323 e. The van der Waals surface area contributed by atoms with Gasteiger partial charge < -0.3 is 10.0 Å². The molecule has 7 nitrogen and oxygen atoms in total. The summed E-state index contributed by atoms with van der Waals surface area (Å²) < 4.78 is 1.78. The Balaban J connectivity index is 1.90. The van der Waals surface area contributed by atoms with E-state index in [1.54, 1.807) is 16.9 Å². The van der Waals surface area contributed by atoms with Crippen molar-refractivity contribution in [2.24, 2.45) is 0 Å².